The molecule has 0 atom stereocenters. The van der Waals surface area contributed by atoms with E-state index in [0.29, 0.717) is 5.92 Å². The Bertz CT molecular complexity index is 416. The minimum Gasteiger partial charge on any atom is -0.372 e. The van der Waals surface area contributed by atoms with Crippen LogP contribution in [-0.2, 0) is 11.3 Å². The maximum atomic E-state index is 5.71. The number of morpholine rings is 1. The first-order chi connectivity index (χ1) is 9.46. The van der Waals surface area contributed by atoms with Gasteiger partial charge < -0.3 is 15.0 Å². The first-order valence-corrected chi connectivity index (χ1v) is 7.37. The molecule has 1 aromatic rings. The molecule has 0 unspecified atom stereocenters. The molecule has 0 spiro atoms. The summed E-state index contributed by atoms with van der Waals surface area (Å²) in [6.07, 6.45) is 3.83. The topological polar surface area (TPSA) is 50.3 Å². The second-order valence-electron chi connectivity index (χ2n) is 6.45. The third-order valence-electron chi connectivity index (χ3n) is 3.28. The highest BCUT2D eigenvalue weighted by molar-refractivity contribution is 5.31. The second kappa shape index (κ2) is 6.50. The quantitative estimate of drug-likeness (QED) is 0.890. The van der Waals surface area contributed by atoms with Gasteiger partial charge in [0.2, 0.25) is 5.95 Å². The molecule has 1 fully saturated rings. The summed E-state index contributed by atoms with van der Waals surface area (Å²) in [6.45, 7) is 12.9. The lowest BCUT2D eigenvalue weighted by molar-refractivity contribution is -0.0281. The number of anilines is 1. The standard InChI is InChI=1S/C15H26N4O/c1-12(2)7-16-8-13-9-17-14(18-10-13)19-5-6-20-15(3,4)11-19/h9-10,12,16H,5-8,11H2,1-4H3. The predicted octanol–water partition coefficient (Wildman–Crippen LogP) is 1.84. The summed E-state index contributed by atoms with van der Waals surface area (Å²) in [5, 5.41) is 3.40. The van der Waals surface area contributed by atoms with Crippen molar-refractivity contribution >= 4 is 5.95 Å². The third kappa shape index (κ3) is 4.42. The van der Waals surface area contributed by atoms with Gasteiger partial charge in [-0.2, -0.15) is 0 Å². The van der Waals surface area contributed by atoms with Crippen LogP contribution in [0.1, 0.15) is 33.3 Å². The molecule has 0 aromatic carbocycles. The van der Waals surface area contributed by atoms with Crippen LogP contribution in [-0.4, -0.2) is 41.8 Å². The van der Waals surface area contributed by atoms with Crippen molar-refractivity contribution in [1.82, 2.24) is 15.3 Å². The van der Waals surface area contributed by atoms with Gasteiger partial charge in [0.15, 0.2) is 0 Å². The summed E-state index contributed by atoms with van der Waals surface area (Å²) in [5.41, 5.74) is 1.00. The van der Waals surface area contributed by atoms with Gasteiger partial charge in [0.05, 0.1) is 12.2 Å². The van der Waals surface area contributed by atoms with Crippen molar-refractivity contribution in [3.8, 4) is 0 Å². The van der Waals surface area contributed by atoms with Crippen molar-refractivity contribution in [2.24, 2.45) is 5.92 Å². The van der Waals surface area contributed by atoms with Gasteiger partial charge in [0, 0.05) is 37.6 Å². The molecule has 2 rings (SSSR count). The van der Waals surface area contributed by atoms with E-state index in [1.165, 1.54) is 0 Å². The Labute approximate surface area is 121 Å². The number of hydrogen-bond donors (Lipinski definition) is 1. The molecular weight excluding hydrogens is 252 g/mol. The monoisotopic (exact) mass is 278 g/mol. The lowest BCUT2D eigenvalue weighted by Crippen LogP contribution is -2.49. The highest BCUT2D eigenvalue weighted by Gasteiger charge is 2.28. The second-order valence-corrected chi connectivity index (χ2v) is 6.45. The van der Waals surface area contributed by atoms with E-state index in [-0.39, 0.29) is 5.60 Å². The molecule has 1 aliphatic heterocycles. The van der Waals surface area contributed by atoms with Gasteiger partial charge >= 0.3 is 0 Å². The first-order valence-electron chi connectivity index (χ1n) is 7.37. The molecule has 1 N–H and O–H groups in total. The number of nitrogens with one attached hydrogen (secondary N) is 1. The van der Waals surface area contributed by atoms with Crippen molar-refractivity contribution in [2.75, 3.05) is 31.1 Å². The maximum absolute atomic E-state index is 5.71. The van der Waals surface area contributed by atoms with Crippen molar-refractivity contribution < 1.29 is 4.74 Å². The van der Waals surface area contributed by atoms with Crippen molar-refractivity contribution in [3.05, 3.63) is 18.0 Å². The summed E-state index contributed by atoms with van der Waals surface area (Å²) in [4.78, 5) is 11.2. The van der Waals surface area contributed by atoms with Gasteiger partial charge in [-0.15, -0.1) is 0 Å². The van der Waals surface area contributed by atoms with Crippen LogP contribution < -0.4 is 10.2 Å². The highest BCUT2D eigenvalue weighted by atomic mass is 16.5. The van der Waals surface area contributed by atoms with Crippen LogP contribution in [0.25, 0.3) is 0 Å². The highest BCUT2D eigenvalue weighted by Crippen LogP contribution is 2.19. The SMILES string of the molecule is CC(C)CNCc1cnc(N2CCOC(C)(C)C2)nc1. The molecule has 2 heterocycles. The molecule has 112 valence electrons. The number of ether oxygens (including phenoxy) is 1. The number of hydrogen-bond acceptors (Lipinski definition) is 5. The summed E-state index contributed by atoms with van der Waals surface area (Å²) in [6, 6.07) is 0. The Balaban J connectivity index is 1.91. The van der Waals surface area contributed by atoms with E-state index >= 15 is 0 Å². The van der Waals surface area contributed by atoms with Gasteiger partial charge in [-0.3, -0.25) is 0 Å². The summed E-state index contributed by atoms with van der Waals surface area (Å²) >= 11 is 0. The average molecular weight is 278 g/mol. The Morgan fingerprint density at radius 3 is 2.65 bits per heavy atom. The molecule has 1 aliphatic rings. The van der Waals surface area contributed by atoms with Crippen molar-refractivity contribution in [1.29, 1.82) is 0 Å². The smallest absolute Gasteiger partial charge is 0.225 e. The lowest BCUT2D eigenvalue weighted by Gasteiger charge is -2.38. The Kier molecular flexibility index (Phi) is 4.94. The molecule has 0 aliphatic carbocycles. The molecule has 0 bridgehead atoms. The summed E-state index contributed by atoms with van der Waals surface area (Å²) < 4.78 is 5.71. The predicted molar refractivity (Wildman–Crippen MR) is 80.8 cm³/mol. The summed E-state index contributed by atoms with van der Waals surface area (Å²) in [5.74, 6) is 1.46. The molecule has 0 radical (unpaired) electrons. The Morgan fingerprint density at radius 2 is 2.05 bits per heavy atom. The Morgan fingerprint density at radius 1 is 1.35 bits per heavy atom. The van der Waals surface area contributed by atoms with Gasteiger partial charge in [0.25, 0.3) is 0 Å². The van der Waals surface area contributed by atoms with Gasteiger partial charge in [0.1, 0.15) is 0 Å². The largest absolute Gasteiger partial charge is 0.372 e. The van der Waals surface area contributed by atoms with Crippen LogP contribution in [0.2, 0.25) is 0 Å². The molecule has 5 heteroatoms. The zero-order valence-corrected chi connectivity index (χ0v) is 13.0. The van der Waals surface area contributed by atoms with Crippen LogP contribution >= 0.6 is 0 Å². The van der Waals surface area contributed by atoms with Crippen LogP contribution in [0.5, 0.6) is 0 Å². The van der Waals surface area contributed by atoms with Crippen LogP contribution in [0.15, 0.2) is 12.4 Å². The fourth-order valence-electron chi connectivity index (χ4n) is 2.29. The first kappa shape index (κ1) is 15.2. The minimum absolute atomic E-state index is 0.126. The van der Waals surface area contributed by atoms with E-state index in [0.717, 1.165) is 44.3 Å². The van der Waals surface area contributed by atoms with Crippen molar-refractivity contribution in [2.45, 2.75) is 39.8 Å². The molecule has 5 nitrogen and oxygen atoms in total. The zero-order valence-electron chi connectivity index (χ0n) is 13.0. The molecule has 0 amide bonds. The van der Waals surface area contributed by atoms with E-state index in [1.807, 2.05) is 12.4 Å². The van der Waals surface area contributed by atoms with Gasteiger partial charge in [-0.1, -0.05) is 13.8 Å². The van der Waals surface area contributed by atoms with Crippen molar-refractivity contribution in [3.63, 3.8) is 0 Å². The molecule has 1 aromatic heterocycles. The summed E-state index contributed by atoms with van der Waals surface area (Å²) in [7, 11) is 0. The molecular formula is C15H26N4O. The fraction of sp³-hybridized carbons (Fsp3) is 0.733. The lowest BCUT2D eigenvalue weighted by atomic mass is 10.1. The molecule has 20 heavy (non-hydrogen) atoms. The third-order valence-corrected chi connectivity index (χ3v) is 3.28. The minimum atomic E-state index is -0.126. The van der Waals surface area contributed by atoms with E-state index < -0.39 is 0 Å². The maximum Gasteiger partial charge on any atom is 0.225 e. The van der Waals surface area contributed by atoms with Crippen LogP contribution in [0.4, 0.5) is 5.95 Å². The van der Waals surface area contributed by atoms with Crippen LogP contribution in [0.3, 0.4) is 0 Å². The normalized spacial score (nSPS) is 18.6. The van der Waals surface area contributed by atoms with E-state index in [2.05, 4.69) is 47.9 Å². The zero-order chi connectivity index (χ0) is 14.6. The molecule has 0 saturated carbocycles. The fourth-order valence-corrected chi connectivity index (χ4v) is 2.29. The number of aromatic nitrogens is 2. The van der Waals surface area contributed by atoms with E-state index in [4.69, 9.17) is 4.74 Å². The van der Waals surface area contributed by atoms with Gasteiger partial charge in [-0.25, -0.2) is 9.97 Å². The van der Waals surface area contributed by atoms with Gasteiger partial charge in [-0.05, 0) is 26.3 Å². The number of nitrogens with zero attached hydrogens (tertiary/aromatic N) is 3. The number of rotatable bonds is 5. The average Bonchev–Trinajstić information content (AvgIpc) is 2.38. The molecule has 1 saturated heterocycles. The van der Waals surface area contributed by atoms with E-state index in [9.17, 15) is 0 Å². The Hall–Kier alpha value is -1.20. The van der Waals surface area contributed by atoms with E-state index in [1.54, 1.807) is 0 Å². The van der Waals surface area contributed by atoms with Crippen LogP contribution in [0, 0.1) is 5.92 Å².